The van der Waals surface area contributed by atoms with Crippen LogP contribution >= 0.6 is 0 Å². The number of hydrazone groups is 1. The zero-order valence-electron chi connectivity index (χ0n) is 17.1. The molecule has 2 saturated heterocycles. The predicted octanol–water partition coefficient (Wildman–Crippen LogP) is 2.63. The van der Waals surface area contributed by atoms with Gasteiger partial charge in [0.25, 0.3) is 0 Å². The maximum absolute atomic E-state index is 5.47. The summed E-state index contributed by atoms with van der Waals surface area (Å²) in [6.45, 7) is 6.86. The zero-order valence-corrected chi connectivity index (χ0v) is 17.1. The lowest BCUT2D eigenvalue weighted by molar-refractivity contribution is 0.122. The summed E-state index contributed by atoms with van der Waals surface area (Å²) in [4.78, 5) is 21.7. The number of para-hydroxylation sites is 1. The third-order valence-electron chi connectivity index (χ3n) is 5.60. The summed E-state index contributed by atoms with van der Waals surface area (Å²) in [5.74, 6) is 1.86. The first-order valence-electron chi connectivity index (χ1n) is 10.5. The minimum Gasteiger partial charge on any atom is -0.378 e. The SMILES string of the molecule is C/C(=N/Nc1nc(N2CCCC2)nc(N2CCOCC2)n1)c1c[nH]c2ccccc12. The molecule has 156 valence electrons. The van der Waals surface area contributed by atoms with Crippen molar-refractivity contribution in [3.05, 3.63) is 36.0 Å². The Labute approximate surface area is 175 Å². The van der Waals surface area contributed by atoms with Crippen molar-refractivity contribution in [2.24, 2.45) is 5.10 Å². The van der Waals surface area contributed by atoms with Gasteiger partial charge >= 0.3 is 0 Å². The molecule has 9 heteroatoms. The fraction of sp³-hybridized carbons (Fsp3) is 0.429. The molecule has 0 radical (unpaired) electrons. The van der Waals surface area contributed by atoms with E-state index in [0.29, 0.717) is 31.1 Å². The topological polar surface area (TPSA) is 94.6 Å². The number of fused-ring (bicyclic) bond motifs is 1. The number of aromatic nitrogens is 4. The van der Waals surface area contributed by atoms with Crippen molar-refractivity contribution in [2.75, 3.05) is 54.6 Å². The standard InChI is InChI=1S/C21H26N8O/c1-15(17-14-22-18-7-3-2-6-16(17)18)26-27-19-23-20(28-8-4-5-9-28)25-21(24-19)29-10-12-30-13-11-29/h2-3,6-7,14,22H,4-5,8-13H2,1H3,(H,23,24,25,27)/b26-15-. The summed E-state index contributed by atoms with van der Waals surface area (Å²) in [6, 6.07) is 8.20. The van der Waals surface area contributed by atoms with E-state index in [2.05, 4.69) is 47.4 Å². The van der Waals surface area contributed by atoms with Gasteiger partial charge in [0.15, 0.2) is 0 Å². The Hall–Kier alpha value is -3.20. The van der Waals surface area contributed by atoms with E-state index in [0.717, 1.165) is 48.4 Å². The van der Waals surface area contributed by atoms with Gasteiger partial charge in [-0.05, 0) is 25.8 Å². The maximum Gasteiger partial charge on any atom is 0.250 e. The van der Waals surface area contributed by atoms with Gasteiger partial charge in [-0.3, -0.25) is 0 Å². The Morgan fingerprint density at radius 3 is 2.47 bits per heavy atom. The first-order valence-corrected chi connectivity index (χ1v) is 10.5. The maximum atomic E-state index is 5.47. The van der Waals surface area contributed by atoms with Crippen LogP contribution in [0.3, 0.4) is 0 Å². The van der Waals surface area contributed by atoms with Crippen molar-refractivity contribution in [1.29, 1.82) is 0 Å². The molecule has 5 rings (SSSR count). The van der Waals surface area contributed by atoms with Crippen LogP contribution < -0.4 is 15.2 Å². The van der Waals surface area contributed by atoms with Gasteiger partial charge in [-0.1, -0.05) is 18.2 Å². The summed E-state index contributed by atoms with van der Waals surface area (Å²) >= 11 is 0. The van der Waals surface area contributed by atoms with E-state index >= 15 is 0 Å². The number of benzene rings is 1. The molecule has 2 aliphatic heterocycles. The lowest BCUT2D eigenvalue weighted by Crippen LogP contribution is -2.38. The molecule has 2 aromatic heterocycles. The molecule has 3 aromatic rings. The van der Waals surface area contributed by atoms with E-state index in [4.69, 9.17) is 9.72 Å². The Kier molecular flexibility index (Phi) is 5.18. The van der Waals surface area contributed by atoms with Crippen molar-refractivity contribution < 1.29 is 4.74 Å². The van der Waals surface area contributed by atoms with Gasteiger partial charge in [0.2, 0.25) is 17.8 Å². The lowest BCUT2D eigenvalue weighted by Gasteiger charge is -2.27. The van der Waals surface area contributed by atoms with E-state index in [1.54, 1.807) is 0 Å². The van der Waals surface area contributed by atoms with Crippen LogP contribution in [0.5, 0.6) is 0 Å². The highest BCUT2D eigenvalue weighted by Gasteiger charge is 2.21. The number of rotatable bonds is 5. The second kappa shape index (κ2) is 8.27. The molecule has 0 amide bonds. The number of nitrogens with one attached hydrogen (secondary N) is 2. The second-order valence-corrected chi connectivity index (χ2v) is 7.61. The lowest BCUT2D eigenvalue weighted by atomic mass is 10.1. The molecular weight excluding hydrogens is 380 g/mol. The van der Waals surface area contributed by atoms with Gasteiger partial charge in [-0.25, -0.2) is 5.43 Å². The number of ether oxygens (including phenoxy) is 1. The highest BCUT2D eigenvalue weighted by molar-refractivity contribution is 6.09. The third kappa shape index (κ3) is 3.80. The largest absolute Gasteiger partial charge is 0.378 e. The Bertz CT molecular complexity index is 1050. The molecule has 9 nitrogen and oxygen atoms in total. The minimum absolute atomic E-state index is 0.465. The monoisotopic (exact) mass is 406 g/mol. The Balaban J connectivity index is 1.43. The molecule has 4 heterocycles. The van der Waals surface area contributed by atoms with E-state index in [-0.39, 0.29) is 0 Å². The van der Waals surface area contributed by atoms with Crippen molar-refractivity contribution in [3.8, 4) is 0 Å². The van der Waals surface area contributed by atoms with Crippen LogP contribution in [0.4, 0.5) is 17.8 Å². The van der Waals surface area contributed by atoms with Gasteiger partial charge < -0.3 is 19.5 Å². The van der Waals surface area contributed by atoms with E-state index < -0.39 is 0 Å². The van der Waals surface area contributed by atoms with E-state index in [9.17, 15) is 0 Å². The predicted molar refractivity (Wildman–Crippen MR) is 118 cm³/mol. The first kappa shape index (κ1) is 18.8. The molecule has 0 bridgehead atoms. The highest BCUT2D eigenvalue weighted by atomic mass is 16.5. The molecule has 0 unspecified atom stereocenters. The molecule has 2 N–H and O–H groups in total. The summed E-state index contributed by atoms with van der Waals surface area (Å²) < 4.78 is 5.47. The summed E-state index contributed by atoms with van der Waals surface area (Å²) in [5.41, 5.74) is 6.08. The van der Waals surface area contributed by atoms with Crippen LogP contribution in [0.25, 0.3) is 10.9 Å². The zero-order chi connectivity index (χ0) is 20.3. The van der Waals surface area contributed by atoms with Crippen LogP contribution in [0.15, 0.2) is 35.6 Å². The Morgan fingerprint density at radius 2 is 1.70 bits per heavy atom. The van der Waals surface area contributed by atoms with Crippen molar-refractivity contribution in [1.82, 2.24) is 19.9 Å². The number of aromatic amines is 1. The number of nitrogens with zero attached hydrogens (tertiary/aromatic N) is 6. The Morgan fingerprint density at radius 1 is 1.00 bits per heavy atom. The molecule has 0 atom stereocenters. The molecule has 0 aliphatic carbocycles. The number of anilines is 3. The molecule has 30 heavy (non-hydrogen) atoms. The summed E-state index contributed by atoms with van der Waals surface area (Å²) in [7, 11) is 0. The van der Waals surface area contributed by atoms with Gasteiger partial charge in [-0.2, -0.15) is 20.1 Å². The highest BCUT2D eigenvalue weighted by Crippen LogP contribution is 2.22. The number of hydrogen-bond acceptors (Lipinski definition) is 8. The molecule has 0 spiro atoms. The van der Waals surface area contributed by atoms with Crippen LogP contribution in [0, 0.1) is 0 Å². The molecule has 2 fully saturated rings. The summed E-state index contributed by atoms with van der Waals surface area (Å²) in [6.07, 6.45) is 4.31. The summed E-state index contributed by atoms with van der Waals surface area (Å²) in [5, 5.41) is 5.71. The average molecular weight is 406 g/mol. The number of hydrogen-bond donors (Lipinski definition) is 2. The first-order chi connectivity index (χ1) is 14.8. The van der Waals surface area contributed by atoms with Crippen molar-refractivity contribution in [3.63, 3.8) is 0 Å². The van der Waals surface area contributed by atoms with Crippen LogP contribution in [0.1, 0.15) is 25.3 Å². The second-order valence-electron chi connectivity index (χ2n) is 7.61. The number of H-pyrrole nitrogens is 1. The smallest absolute Gasteiger partial charge is 0.250 e. The molecule has 1 aromatic carbocycles. The van der Waals surface area contributed by atoms with Gasteiger partial charge in [0, 0.05) is 48.8 Å². The van der Waals surface area contributed by atoms with Crippen LogP contribution in [0.2, 0.25) is 0 Å². The molecule has 2 aliphatic rings. The minimum atomic E-state index is 0.465. The fourth-order valence-electron chi connectivity index (χ4n) is 3.93. The van der Waals surface area contributed by atoms with Crippen LogP contribution in [-0.4, -0.2) is 65.0 Å². The normalized spacial score (nSPS) is 17.7. The van der Waals surface area contributed by atoms with Crippen LogP contribution in [-0.2, 0) is 4.74 Å². The van der Waals surface area contributed by atoms with E-state index in [1.807, 2.05) is 25.3 Å². The van der Waals surface area contributed by atoms with Gasteiger partial charge in [0.05, 0.1) is 18.9 Å². The van der Waals surface area contributed by atoms with Crippen molar-refractivity contribution in [2.45, 2.75) is 19.8 Å². The third-order valence-corrected chi connectivity index (χ3v) is 5.60. The fourth-order valence-corrected chi connectivity index (χ4v) is 3.93. The van der Waals surface area contributed by atoms with Crippen molar-refractivity contribution >= 4 is 34.5 Å². The van der Waals surface area contributed by atoms with Gasteiger partial charge in [0.1, 0.15) is 0 Å². The quantitative estimate of drug-likeness (QED) is 0.497. The van der Waals surface area contributed by atoms with Gasteiger partial charge in [-0.15, -0.1) is 0 Å². The molecular formula is C21H26N8O. The van der Waals surface area contributed by atoms with E-state index in [1.165, 1.54) is 12.8 Å². The molecule has 0 saturated carbocycles. The average Bonchev–Trinajstić information content (AvgIpc) is 3.48. The number of morpholine rings is 1.